The number of nitrogens with one attached hydrogen (secondary N) is 1. The molecule has 0 saturated heterocycles. The van der Waals surface area contributed by atoms with Crippen molar-refractivity contribution in [1.29, 1.82) is 0 Å². The van der Waals surface area contributed by atoms with Crippen molar-refractivity contribution < 1.29 is 20.1 Å². The lowest BCUT2D eigenvalue weighted by molar-refractivity contribution is -0.156. The highest BCUT2D eigenvalue weighted by molar-refractivity contribution is 5.10. The molecule has 104 valence electrons. The summed E-state index contributed by atoms with van der Waals surface area (Å²) in [5.74, 6) is 1.86. The van der Waals surface area contributed by atoms with Gasteiger partial charge in [0.05, 0.1) is 6.61 Å². The highest BCUT2D eigenvalue weighted by atomic mass is 16.5. The highest BCUT2D eigenvalue weighted by Gasteiger charge is 2.42. The molecule has 1 heterocycles. The molecule has 0 saturated carbocycles. The van der Waals surface area contributed by atoms with Crippen molar-refractivity contribution in [3.8, 4) is 12.3 Å². The predicted octanol–water partition coefficient (Wildman–Crippen LogP) is -2.82. The van der Waals surface area contributed by atoms with Crippen molar-refractivity contribution in [2.45, 2.75) is 17.9 Å². The van der Waals surface area contributed by atoms with Crippen LogP contribution in [-0.2, 0) is 10.5 Å². The van der Waals surface area contributed by atoms with Crippen LogP contribution in [0.3, 0.4) is 0 Å². The topological polar surface area (TPSA) is 125 Å². The minimum Gasteiger partial charge on any atom is -0.394 e. The summed E-state index contributed by atoms with van der Waals surface area (Å²) in [6.07, 6.45) is 3.09. The summed E-state index contributed by atoms with van der Waals surface area (Å²) >= 11 is 0. The van der Waals surface area contributed by atoms with Gasteiger partial charge in [0.15, 0.2) is 0 Å². The number of aliphatic hydroxyl groups is 3. The predicted molar refractivity (Wildman–Crippen MR) is 64.2 cm³/mol. The molecular weight excluding hydrogens is 256 g/mol. The fourth-order valence-electron chi connectivity index (χ4n) is 1.55. The maximum atomic E-state index is 11.6. The number of nitrogens with zero attached hydrogens (tertiary/aromatic N) is 1. The molecule has 8 heteroatoms. The van der Waals surface area contributed by atoms with E-state index in [2.05, 4.69) is 0 Å². The lowest BCUT2D eigenvalue weighted by atomic mass is 10.0. The quantitative estimate of drug-likeness (QED) is 0.428. The van der Waals surface area contributed by atoms with Gasteiger partial charge in [-0.3, -0.25) is 14.3 Å². The van der Waals surface area contributed by atoms with Crippen LogP contribution in [0.15, 0.2) is 21.9 Å². The van der Waals surface area contributed by atoms with E-state index in [0.717, 1.165) is 12.3 Å². The van der Waals surface area contributed by atoms with Crippen molar-refractivity contribution in [3.05, 3.63) is 33.1 Å². The molecule has 3 atom stereocenters. The molecule has 1 aromatic heterocycles. The molecule has 0 radical (unpaired) electrons. The van der Waals surface area contributed by atoms with Crippen molar-refractivity contribution in [2.75, 3.05) is 13.7 Å². The van der Waals surface area contributed by atoms with Crippen LogP contribution in [0.1, 0.15) is 0 Å². The third-order valence-electron chi connectivity index (χ3n) is 2.65. The first-order chi connectivity index (χ1) is 8.90. The summed E-state index contributed by atoms with van der Waals surface area (Å²) < 4.78 is 5.32. The number of hydrogen-bond acceptors (Lipinski definition) is 6. The average Bonchev–Trinajstić information content (AvgIpc) is 2.39. The number of H-pyrrole nitrogens is 1. The van der Waals surface area contributed by atoms with E-state index in [0.29, 0.717) is 4.57 Å². The normalized spacial score (nSPS) is 17.2. The smallest absolute Gasteiger partial charge is 0.331 e. The monoisotopic (exact) mass is 270 g/mol. The number of aliphatic hydroxyl groups excluding tert-OH is 2. The first kappa shape index (κ1) is 15.1. The molecule has 19 heavy (non-hydrogen) atoms. The van der Waals surface area contributed by atoms with Gasteiger partial charge in [0, 0.05) is 19.4 Å². The molecule has 0 aromatic carbocycles. The zero-order valence-corrected chi connectivity index (χ0v) is 10.1. The summed E-state index contributed by atoms with van der Waals surface area (Å²) in [4.78, 5) is 24.4. The Bertz CT molecular complexity index is 582. The van der Waals surface area contributed by atoms with Gasteiger partial charge in [0.25, 0.3) is 5.56 Å². The van der Waals surface area contributed by atoms with Gasteiger partial charge < -0.3 is 20.1 Å². The summed E-state index contributed by atoms with van der Waals surface area (Å²) in [6.45, 7) is -0.625. The number of hydrogen-bond donors (Lipinski definition) is 4. The van der Waals surface area contributed by atoms with Crippen LogP contribution >= 0.6 is 0 Å². The van der Waals surface area contributed by atoms with Crippen molar-refractivity contribution in [2.24, 2.45) is 0 Å². The zero-order valence-electron chi connectivity index (χ0n) is 10.1. The standard InChI is InChI=1S/C11H14N2O6/c1-3-11(18,9(16)7(6-14)19-2)13-5-4-8(15)12-10(13)17/h1,4-5,7,9,14,16,18H,6H2,2H3,(H,12,15,17)/t7-,9-,11-/m1/s1. The Labute approximate surface area is 107 Å². The Morgan fingerprint density at radius 2 is 2.26 bits per heavy atom. The molecule has 0 aliphatic heterocycles. The minimum atomic E-state index is -2.47. The zero-order chi connectivity index (χ0) is 14.6. The van der Waals surface area contributed by atoms with Gasteiger partial charge in [-0.25, -0.2) is 4.79 Å². The summed E-state index contributed by atoms with van der Waals surface area (Å²) in [5, 5.41) is 29.2. The molecule has 0 aliphatic carbocycles. The first-order valence-corrected chi connectivity index (χ1v) is 5.25. The van der Waals surface area contributed by atoms with Crippen LogP contribution in [0.25, 0.3) is 0 Å². The Morgan fingerprint density at radius 3 is 2.68 bits per heavy atom. The van der Waals surface area contributed by atoms with Crippen LogP contribution in [-0.4, -0.2) is 50.8 Å². The maximum Gasteiger partial charge on any atom is 0.331 e. The number of aromatic amines is 1. The number of methoxy groups -OCH3 is 1. The third-order valence-corrected chi connectivity index (χ3v) is 2.65. The average molecular weight is 270 g/mol. The molecule has 0 unspecified atom stereocenters. The van der Waals surface area contributed by atoms with E-state index in [9.17, 15) is 19.8 Å². The number of terminal acetylenes is 1. The number of ether oxygens (including phenoxy) is 1. The Hall–Kier alpha value is -1.92. The van der Waals surface area contributed by atoms with Crippen molar-refractivity contribution >= 4 is 0 Å². The highest BCUT2D eigenvalue weighted by Crippen LogP contribution is 2.18. The summed E-state index contributed by atoms with van der Waals surface area (Å²) in [6, 6.07) is 0.956. The summed E-state index contributed by atoms with van der Waals surface area (Å²) in [7, 11) is 1.19. The van der Waals surface area contributed by atoms with E-state index in [1.54, 1.807) is 0 Å². The Balaban J connectivity index is 3.35. The summed E-state index contributed by atoms with van der Waals surface area (Å²) in [5.41, 5.74) is -4.15. The molecule has 8 nitrogen and oxygen atoms in total. The van der Waals surface area contributed by atoms with Gasteiger partial charge in [-0.2, -0.15) is 0 Å². The van der Waals surface area contributed by atoms with Crippen LogP contribution < -0.4 is 11.2 Å². The minimum absolute atomic E-state index is 0.570. The molecule has 4 N–H and O–H groups in total. The van der Waals surface area contributed by atoms with E-state index in [-0.39, 0.29) is 0 Å². The van der Waals surface area contributed by atoms with E-state index >= 15 is 0 Å². The Kier molecular flexibility index (Phi) is 4.63. The molecule has 1 rings (SSSR count). The molecule has 1 aromatic rings. The third kappa shape index (κ3) is 2.74. The SMILES string of the molecule is C#C[C@@](O)([C@H](O)[C@@H](CO)OC)n1ccc(=O)[nH]c1=O. The molecule has 0 amide bonds. The maximum absolute atomic E-state index is 11.6. The van der Waals surface area contributed by atoms with Gasteiger partial charge in [0.1, 0.15) is 12.2 Å². The molecule has 0 aliphatic rings. The second-order valence-corrected chi connectivity index (χ2v) is 3.75. The van der Waals surface area contributed by atoms with Gasteiger partial charge in [-0.15, -0.1) is 6.42 Å². The molecule has 0 fully saturated rings. The molecule has 0 bridgehead atoms. The lowest BCUT2D eigenvalue weighted by Crippen LogP contribution is -2.55. The van der Waals surface area contributed by atoms with E-state index < -0.39 is 35.8 Å². The Morgan fingerprint density at radius 1 is 1.63 bits per heavy atom. The largest absolute Gasteiger partial charge is 0.394 e. The second-order valence-electron chi connectivity index (χ2n) is 3.75. The van der Waals surface area contributed by atoms with Crippen molar-refractivity contribution in [3.63, 3.8) is 0 Å². The van der Waals surface area contributed by atoms with E-state index in [4.69, 9.17) is 16.3 Å². The van der Waals surface area contributed by atoms with Gasteiger partial charge in [0.2, 0.25) is 5.72 Å². The fourth-order valence-corrected chi connectivity index (χ4v) is 1.55. The van der Waals surface area contributed by atoms with Crippen LogP contribution in [0.5, 0.6) is 0 Å². The van der Waals surface area contributed by atoms with Crippen molar-refractivity contribution in [1.82, 2.24) is 9.55 Å². The first-order valence-electron chi connectivity index (χ1n) is 5.25. The van der Waals surface area contributed by atoms with Gasteiger partial charge in [-0.05, 0) is 5.92 Å². The van der Waals surface area contributed by atoms with Crippen LogP contribution in [0, 0.1) is 12.3 Å². The van der Waals surface area contributed by atoms with Gasteiger partial charge >= 0.3 is 5.69 Å². The number of rotatable bonds is 5. The van der Waals surface area contributed by atoms with E-state index in [1.807, 2.05) is 10.9 Å². The second kappa shape index (κ2) is 5.81. The van der Waals surface area contributed by atoms with Crippen LogP contribution in [0.2, 0.25) is 0 Å². The lowest BCUT2D eigenvalue weighted by Gasteiger charge is -2.32. The van der Waals surface area contributed by atoms with Crippen LogP contribution in [0.4, 0.5) is 0 Å². The molecule has 0 spiro atoms. The van der Waals surface area contributed by atoms with E-state index in [1.165, 1.54) is 7.11 Å². The fraction of sp³-hybridized carbons (Fsp3) is 0.455. The number of aromatic nitrogens is 2. The molecular formula is C11H14N2O6. The van der Waals surface area contributed by atoms with Gasteiger partial charge in [-0.1, -0.05) is 0 Å².